The number of carbonyl (C=O) groups is 1. The highest BCUT2D eigenvalue weighted by molar-refractivity contribution is 5.85. The van der Waals surface area contributed by atoms with E-state index in [1.807, 2.05) is 0 Å². The van der Waals surface area contributed by atoms with Crippen LogP contribution in [0.3, 0.4) is 0 Å². The summed E-state index contributed by atoms with van der Waals surface area (Å²) in [5.74, 6) is -0.291. The van der Waals surface area contributed by atoms with Crippen LogP contribution < -0.4 is 10.2 Å². The quantitative estimate of drug-likeness (QED) is 0.846. The van der Waals surface area contributed by atoms with Crippen LogP contribution in [-0.4, -0.2) is 37.1 Å². The molecular formula is C21H25ClFN3O. The number of halogens is 2. The molecule has 0 aromatic heterocycles. The van der Waals surface area contributed by atoms with Crippen LogP contribution in [0.4, 0.5) is 14.9 Å². The fourth-order valence-corrected chi connectivity index (χ4v) is 3.14. The standard InChI is InChI=1S/C21H24FN3O.ClH/c1-16-5-3-8-20(17(16)2)24-11-13-25(14-12-24)21(26)23-10-9-18-6-4-7-19(22)15-18;/h3-10,15H,11-14H2,1-2H3,(H,23,26);1H/b10-9+;. The average molecular weight is 390 g/mol. The monoisotopic (exact) mass is 389 g/mol. The summed E-state index contributed by atoms with van der Waals surface area (Å²) in [6.07, 6.45) is 3.25. The fourth-order valence-electron chi connectivity index (χ4n) is 3.14. The second kappa shape index (κ2) is 9.42. The van der Waals surface area contributed by atoms with E-state index in [2.05, 4.69) is 42.3 Å². The molecule has 3 rings (SSSR count). The van der Waals surface area contributed by atoms with Crippen molar-refractivity contribution >= 4 is 30.2 Å². The lowest BCUT2D eigenvalue weighted by atomic mass is 10.1. The molecule has 0 saturated carbocycles. The van der Waals surface area contributed by atoms with Gasteiger partial charge >= 0.3 is 6.03 Å². The normalized spacial score (nSPS) is 14.2. The summed E-state index contributed by atoms with van der Waals surface area (Å²) < 4.78 is 13.1. The second-order valence-corrected chi connectivity index (χ2v) is 6.53. The van der Waals surface area contributed by atoms with Gasteiger partial charge in [0.05, 0.1) is 0 Å². The van der Waals surface area contributed by atoms with Crippen LogP contribution in [0, 0.1) is 19.7 Å². The number of benzene rings is 2. The Hall–Kier alpha value is -2.53. The second-order valence-electron chi connectivity index (χ2n) is 6.53. The first-order chi connectivity index (χ1) is 12.5. The lowest BCUT2D eigenvalue weighted by Gasteiger charge is -2.36. The number of aryl methyl sites for hydroxylation is 1. The largest absolute Gasteiger partial charge is 0.368 e. The molecule has 0 aliphatic carbocycles. The van der Waals surface area contributed by atoms with Gasteiger partial charge < -0.3 is 15.1 Å². The summed E-state index contributed by atoms with van der Waals surface area (Å²) in [7, 11) is 0. The van der Waals surface area contributed by atoms with Crippen LogP contribution in [0.5, 0.6) is 0 Å². The summed E-state index contributed by atoms with van der Waals surface area (Å²) in [5, 5.41) is 2.76. The maximum Gasteiger partial charge on any atom is 0.321 e. The first-order valence-electron chi connectivity index (χ1n) is 8.83. The molecule has 1 saturated heterocycles. The van der Waals surface area contributed by atoms with E-state index in [0.717, 1.165) is 13.1 Å². The van der Waals surface area contributed by atoms with Gasteiger partial charge in [-0.15, -0.1) is 12.4 Å². The van der Waals surface area contributed by atoms with E-state index in [1.54, 1.807) is 29.3 Å². The summed E-state index contributed by atoms with van der Waals surface area (Å²) in [4.78, 5) is 16.4. The van der Waals surface area contributed by atoms with Gasteiger partial charge in [0.2, 0.25) is 0 Å². The van der Waals surface area contributed by atoms with E-state index in [0.29, 0.717) is 18.7 Å². The van der Waals surface area contributed by atoms with Gasteiger partial charge in [-0.05, 0) is 54.8 Å². The first-order valence-corrected chi connectivity index (χ1v) is 8.83. The molecular weight excluding hydrogens is 365 g/mol. The molecule has 2 amide bonds. The molecule has 1 aliphatic rings. The van der Waals surface area contributed by atoms with Crippen LogP contribution in [0.15, 0.2) is 48.7 Å². The van der Waals surface area contributed by atoms with E-state index in [1.165, 1.54) is 28.9 Å². The van der Waals surface area contributed by atoms with Crippen molar-refractivity contribution in [1.82, 2.24) is 10.2 Å². The lowest BCUT2D eigenvalue weighted by molar-refractivity contribution is 0.198. The number of nitrogens with one attached hydrogen (secondary N) is 1. The molecule has 0 atom stereocenters. The van der Waals surface area contributed by atoms with E-state index < -0.39 is 0 Å². The number of hydrogen-bond acceptors (Lipinski definition) is 2. The molecule has 6 heteroatoms. The molecule has 1 fully saturated rings. The molecule has 4 nitrogen and oxygen atoms in total. The maximum absolute atomic E-state index is 13.1. The molecule has 0 unspecified atom stereocenters. The highest BCUT2D eigenvalue weighted by Gasteiger charge is 2.21. The van der Waals surface area contributed by atoms with Gasteiger partial charge in [-0.2, -0.15) is 0 Å². The number of hydrogen-bond donors (Lipinski definition) is 1. The van der Waals surface area contributed by atoms with E-state index in [-0.39, 0.29) is 24.3 Å². The zero-order valence-corrected chi connectivity index (χ0v) is 16.4. The third-order valence-electron chi connectivity index (χ3n) is 4.81. The Morgan fingerprint density at radius 3 is 2.48 bits per heavy atom. The molecule has 1 heterocycles. The van der Waals surface area contributed by atoms with Gasteiger partial charge in [-0.1, -0.05) is 24.3 Å². The number of amides is 2. The van der Waals surface area contributed by atoms with Crippen molar-refractivity contribution in [2.24, 2.45) is 0 Å². The Morgan fingerprint density at radius 1 is 1.07 bits per heavy atom. The Bertz CT molecular complexity index is 817. The van der Waals surface area contributed by atoms with E-state index in [4.69, 9.17) is 0 Å². The summed E-state index contributed by atoms with van der Waals surface area (Å²) in [5.41, 5.74) is 4.54. The van der Waals surface area contributed by atoms with Gasteiger partial charge in [0.1, 0.15) is 5.82 Å². The van der Waals surface area contributed by atoms with Gasteiger partial charge in [-0.25, -0.2) is 9.18 Å². The molecule has 2 aromatic carbocycles. The number of nitrogens with zero attached hydrogens (tertiary/aromatic N) is 2. The molecule has 27 heavy (non-hydrogen) atoms. The third kappa shape index (κ3) is 5.23. The highest BCUT2D eigenvalue weighted by atomic mass is 35.5. The van der Waals surface area contributed by atoms with Crippen molar-refractivity contribution in [1.29, 1.82) is 0 Å². The number of rotatable bonds is 3. The molecule has 1 N–H and O–H groups in total. The van der Waals surface area contributed by atoms with Gasteiger partial charge in [0.25, 0.3) is 0 Å². The topological polar surface area (TPSA) is 35.6 Å². The zero-order valence-electron chi connectivity index (χ0n) is 15.6. The Morgan fingerprint density at radius 2 is 1.78 bits per heavy atom. The lowest BCUT2D eigenvalue weighted by Crippen LogP contribution is -2.51. The molecule has 144 valence electrons. The summed E-state index contributed by atoms with van der Waals surface area (Å²) in [6.45, 7) is 7.23. The van der Waals surface area contributed by atoms with Crippen molar-refractivity contribution in [3.63, 3.8) is 0 Å². The molecule has 0 radical (unpaired) electrons. The maximum atomic E-state index is 13.1. The molecule has 1 aliphatic heterocycles. The third-order valence-corrected chi connectivity index (χ3v) is 4.81. The van der Waals surface area contributed by atoms with Gasteiger partial charge in [-0.3, -0.25) is 0 Å². The van der Waals surface area contributed by atoms with Gasteiger partial charge in [0, 0.05) is 38.1 Å². The Labute approximate surface area is 166 Å². The number of anilines is 1. The highest BCUT2D eigenvalue weighted by Crippen LogP contribution is 2.23. The zero-order chi connectivity index (χ0) is 18.5. The number of piperazine rings is 1. The Kier molecular flexibility index (Phi) is 7.25. The first kappa shape index (κ1) is 20.8. The Balaban J connectivity index is 0.00000261. The summed E-state index contributed by atoms with van der Waals surface area (Å²) in [6, 6.07) is 12.5. The fraction of sp³-hybridized carbons (Fsp3) is 0.286. The van der Waals surface area contributed by atoms with Crippen LogP contribution in [0.25, 0.3) is 6.08 Å². The minimum absolute atomic E-state index is 0. The minimum Gasteiger partial charge on any atom is -0.368 e. The number of carbonyl (C=O) groups excluding carboxylic acids is 1. The van der Waals surface area contributed by atoms with Crippen molar-refractivity contribution in [3.8, 4) is 0 Å². The van der Waals surface area contributed by atoms with Crippen LogP contribution in [-0.2, 0) is 0 Å². The van der Waals surface area contributed by atoms with Gasteiger partial charge in [0.15, 0.2) is 0 Å². The van der Waals surface area contributed by atoms with Crippen molar-refractivity contribution < 1.29 is 9.18 Å². The van der Waals surface area contributed by atoms with Crippen molar-refractivity contribution in [2.45, 2.75) is 13.8 Å². The predicted molar refractivity (Wildman–Crippen MR) is 111 cm³/mol. The molecule has 0 bridgehead atoms. The predicted octanol–water partition coefficient (Wildman–Crippen LogP) is 4.37. The number of urea groups is 1. The smallest absolute Gasteiger partial charge is 0.321 e. The van der Waals surface area contributed by atoms with Crippen molar-refractivity contribution in [3.05, 3.63) is 71.2 Å². The van der Waals surface area contributed by atoms with Crippen LogP contribution in [0.1, 0.15) is 16.7 Å². The van der Waals surface area contributed by atoms with Crippen LogP contribution >= 0.6 is 12.4 Å². The minimum atomic E-state index is -0.291. The molecule has 0 spiro atoms. The van der Waals surface area contributed by atoms with Crippen LogP contribution in [0.2, 0.25) is 0 Å². The van der Waals surface area contributed by atoms with E-state index >= 15 is 0 Å². The van der Waals surface area contributed by atoms with Crippen molar-refractivity contribution in [2.75, 3.05) is 31.1 Å². The summed E-state index contributed by atoms with van der Waals surface area (Å²) >= 11 is 0. The average Bonchev–Trinajstić information content (AvgIpc) is 2.64. The molecule has 2 aromatic rings. The van der Waals surface area contributed by atoms with E-state index in [9.17, 15) is 9.18 Å². The SMILES string of the molecule is Cc1cccc(N2CCN(C(=O)N/C=C/c3cccc(F)c3)CC2)c1C.Cl.